The van der Waals surface area contributed by atoms with Crippen molar-refractivity contribution >= 4 is 11.8 Å². The van der Waals surface area contributed by atoms with Crippen molar-refractivity contribution in [3.05, 3.63) is 0 Å². The van der Waals surface area contributed by atoms with Gasteiger partial charge in [0.2, 0.25) is 11.8 Å². The molecule has 0 unspecified atom stereocenters. The smallest absolute Gasteiger partial charge is 0.243 e. The lowest BCUT2D eigenvalue weighted by molar-refractivity contribution is -0.131. The third-order valence-electron chi connectivity index (χ3n) is 2.12. The molecule has 4 heteroatoms. The van der Waals surface area contributed by atoms with E-state index in [1.807, 2.05) is 11.9 Å². The molecule has 1 aliphatic rings. The van der Waals surface area contributed by atoms with Crippen LogP contribution < -0.4 is 5.32 Å². The number of amides is 2. The standard InChI is InChI=1S/C8H14N2O2/c1-6(11)9-8(12)7-4-3-5-10(7)2/h7H,3-5H2,1-2H3,(H,9,11,12)/t7-/m1/s1. The highest BCUT2D eigenvalue weighted by molar-refractivity contribution is 5.96. The van der Waals surface area contributed by atoms with Crippen LogP contribution in [-0.4, -0.2) is 36.3 Å². The Morgan fingerprint density at radius 2 is 2.17 bits per heavy atom. The first-order valence-electron chi connectivity index (χ1n) is 4.13. The highest BCUT2D eigenvalue weighted by atomic mass is 16.2. The predicted octanol–water partition coefficient (Wildman–Crippen LogP) is -0.257. The van der Waals surface area contributed by atoms with Gasteiger partial charge >= 0.3 is 0 Å². The highest BCUT2D eigenvalue weighted by Gasteiger charge is 2.27. The number of hydrogen-bond donors (Lipinski definition) is 1. The zero-order chi connectivity index (χ0) is 9.14. The maximum absolute atomic E-state index is 11.3. The number of hydrogen-bond acceptors (Lipinski definition) is 3. The van der Waals surface area contributed by atoms with E-state index in [1.165, 1.54) is 6.92 Å². The highest BCUT2D eigenvalue weighted by Crippen LogP contribution is 2.14. The van der Waals surface area contributed by atoms with Crippen molar-refractivity contribution in [1.29, 1.82) is 0 Å². The Hall–Kier alpha value is -0.900. The summed E-state index contributed by atoms with van der Waals surface area (Å²) in [6, 6.07) is -0.103. The van der Waals surface area contributed by atoms with E-state index in [1.54, 1.807) is 0 Å². The monoisotopic (exact) mass is 170 g/mol. The van der Waals surface area contributed by atoms with Crippen molar-refractivity contribution in [3.8, 4) is 0 Å². The number of imide groups is 1. The van der Waals surface area contributed by atoms with E-state index in [0.717, 1.165) is 19.4 Å². The molecule has 1 aliphatic heterocycles. The Labute approximate surface area is 71.9 Å². The van der Waals surface area contributed by atoms with Gasteiger partial charge < -0.3 is 0 Å². The minimum Gasteiger partial charge on any atom is -0.295 e. The molecule has 0 aromatic heterocycles. The van der Waals surface area contributed by atoms with Crippen molar-refractivity contribution in [1.82, 2.24) is 10.2 Å². The van der Waals surface area contributed by atoms with Crippen LogP contribution >= 0.6 is 0 Å². The molecular weight excluding hydrogens is 156 g/mol. The summed E-state index contributed by atoms with van der Waals surface area (Å²) in [7, 11) is 1.90. The number of likely N-dealkylation sites (N-methyl/N-ethyl adjacent to an activating group) is 1. The van der Waals surface area contributed by atoms with E-state index in [0.29, 0.717) is 0 Å². The molecular formula is C8H14N2O2. The normalized spacial score (nSPS) is 24.0. The summed E-state index contributed by atoms with van der Waals surface area (Å²) in [5, 5.41) is 2.30. The quantitative estimate of drug-likeness (QED) is 0.590. The van der Waals surface area contributed by atoms with Gasteiger partial charge in [-0.05, 0) is 26.4 Å². The van der Waals surface area contributed by atoms with Gasteiger partial charge in [-0.2, -0.15) is 0 Å². The minimum absolute atomic E-state index is 0.103. The summed E-state index contributed by atoms with van der Waals surface area (Å²) in [5.74, 6) is -0.442. The zero-order valence-corrected chi connectivity index (χ0v) is 7.46. The number of carbonyl (C=O) groups is 2. The van der Waals surface area contributed by atoms with E-state index < -0.39 is 0 Å². The third kappa shape index (κ3) is 2.04. The van der Waals surface area contributed by atoms with Crippen LogP contribution in [0.3, 0.4) is 0 Å². The van der Waals surface area contributed by atoms with Crippen LogP contribution in [0, 0.1) is 0 Å². The average molecular weight is 170 g/mol. The molecule has 0 aromatic rings. The van der Waals surface area contributed by atoms with Gasteiger partial charge in [0.05, 0.1) is 6.04 Å². The average Bonchev–Trinajstić information content (AvgIpc) is 2.33. The fourth-order valence-electron chi connectivity index (χ4n) is 1.50. The topological polar surface area (TPSA) is 49.4 Å². The van der Waals surface area contributed by atoms with Crippen molar-refractivity contribution in [2.45, 2.75) is 25.8 Å². The van der Waals surface area contributed by atoms with Gasteiger partial charge in [-0.1, -0.05) is 0 Å². The Morgan fingerprint density at radius 3 is 2.58 bits per heavy atom. The van der Waals surface area contributed by atoms with E-state index >= 15 is 0 Å². The molecule has 0 aromatic carbocycles. The molecule has 0 radical (unpaired) electrons. The first-order chi connectivity index (χ1) is 5.61. The van der Waals surface area contributed by atoms with Crippen molar-refractivity contribution in [3.63, 3.8) is 0 Å². The Kier molecular flexibility index (Phi) is 2.81. The molecule has 0 bridgehead atoms. The van der Waals surface area contributed by atoms with E-state index in [2.05, 4.69) is 5.32 Å². The number of carbonyl (C=O) groups excluding carboxylic acids is 2. The Balaban J connectivity index is 2.46. The van der Waals surface area contributed by atoms with Crippen molar-refractivity contribution in [2.75, 3.05) is 13.6 Å². The first-order valence-corrected chi connectivity index (χ1v) is 4.13. The lowest BCUT2D eigenvalue weighted by Gasteiger charge is -2.17. The first kappa shape index (κ1) is 9.19. The summed E-state index contributed by atoms with van der Waals surface area (Å²) in [4.78, 5) is 23.8. The van der Waals surface area contributed by atoms with Crippen LogP contribution in [-0.2, 0) is 9.59 Å². The van der Waals surface area contributed by atoms with Gasteiger partial charge in [0.15, 0.2) is 0 Å². The summed E-state index contributed by atoms with van der Waals surface area (Å²) in [6.07, 6.45) is 1.89. The summed E-state index contributed by atoms with van der Waals surface area (Å²) in [6.45, 7) is 2.29. The summed E-state index contributed by atoms with van der Waals surface area (Å²) in [5.41, 5.74) is 0. The molecule has 1 N–H and O–H groups in total. The second-order valence-corrected chi connectivity index (χ2v) is 3.18. The molecule has 68 valence electrons. The van der Waals surface area contributed by atoms with Crippen LogP contribution in [0.4, 0.5) is 0 Å². The van der Waals surface area contributed by atoms with Crippen molar-refractivity contribution in [2.24, 2.45) is 0 Å². The van der Waals surface area contributed by atoms with Gasteiger partial charge in [0.25, 0.3) is 0 Å². The van der Waals surface area contributed by atoms with E-state index in [9.17, 15) is 9.59 Å². The van der Waals surface area contributed by atoms with Gasteiger partial charge in [-0.15, -0.1) is 0 Å². The van der Waals surface area contributed by atoms with Crippen LogP contribution in [0.5, 0.6) is 0 Å². The lowest BCUT2D eigenvalue weighted by atomic mass is 10.2. The SMILES string of the molecule is CC(=O)NC(=O)[C@H]1CCCN1C. The predicted molar refractivity (Wildman–Crippen MR) is 44.5 cm³/mol. The van der Waals surface area contributed by atoms with Gasteiger partial charge in [0.1, 0.15) is 0 Å². The second kappa shape index (κ2) is 3.67. The molecule has 1 saturated heterocycles. The largest absolute Gasteiger partial charge is 0.295 e. The molecule has 0 spiro atoms. The number of rotatable bonds is 1. The Bertz CT molecular complexity index is 203. The lowest BCUT2D eigenvalue weighted by Crippen LogP contribution is -2.43. The molecule has 1 rings (SSSR count). The number of nitrogens with zero attached hydrogens (tertiary/aromatic N) is 1. The second-order valence-electron chi connectivity index (χ2n) is 3.18. The van der Waals surface area contributed by atoms with Crippen LogP contribution in [0.15, 0.2) is 0 Å². The van der Waals surface area contributed by atoms with Crippen LogP contribution in [0.25, 0.3) is 0 Å². The van der Waals surface area contributed by atoms with Crippen molar-refractivity contribution < 1.29 is 9.59 Å². The molecule has 12 heavy (non-hydrogen) atoms. The molecule has 0 aliphatic carbocycles. The van der Waals surface area contributed by atoms with Gasteiger partial charge in [-0.3, -0.25) is 19.8 Å². The third-order valence-corrected chi connectivity index (χ3v) is 2.12. The van der Waals surface area contributed by atoms with Gasteiger partial charge in [-0.25, -0.2) is 0 Å². The maximum Gasteiger partial charge on any atom is 0.243 e. The maximum atomic E-state index is 11.3. The number of nitrogens with one attached hydrogen (secondary N) is 1. The molecule has 1 fully saturated rings. The molecule has 0 saturated carbocycles. The van der Waals surface area contributed by atoms with E-state index in [4.69, 9.17) is 0 Å². The molecule has 1 atom stereocenters. The fourth-order valence-corrected chi connectivity index (χ4v) is 1.50. The van der Waals surface area contributed by atoms with Crippen LogP contribution in [0.2, 0.25) is 0 Å². The minimum atomic E-state index is -0.278. The Morgan fingerprint density at radius 1 is 1.50 bits per heavy atom. The molecule has 2 amide bonds. The molecule has 1 heterocycles. The zero-order valence-electron chi connectivity index (χ0n) is 7.46. The fraction of sp³-hybridized carbons (Fsp3) is 0.750. The summed E-state index contributed by atoms with van der Waals surface area (Å²) < 4.78 is 0. The van der Waals surface area contributed by atoms with Crippen LogP contribution in [0.1, 0.15) is 19.8 Å². The summed E-state index contributed by atoms with van der Waals surface area (Å²) >= 11 is 0. The number of likely N-dealkylation sites (tertiary alicyclic amines) is 1. The van der Waals surface area contributed by atoms with E-state index in [-0.39, 0.29) is 17.9 Å². The molecule has 4 nitrogen and oxygen atoms in total. The van der Waals surface area contributed by atoms with Gasteiger partial charge in [0, 0.05) is 6.92 Å².